The third-order valence-corrected chi connectivity index (χ3v) is 8.78. The SMILES string of the molecule is COc1ccc(S(=O)(=O)N2CC(C(=O)NCc3cccc(CN4CCCC4)c3)Oc3ccc(C)cc32)cc1. The van der Waals surface area contributed by atoms with E-state index in [9.17, 15) is 13.2 Å². The summed E-state index contributed by atoms with van der Waals surface area (Å²) in [6.07, 6.45) is 1.49. The minimum Gasteiger partial charge on any atom is -0.497 e. The first-order chi connectivity index (χ1) is 18.3. The lowest BCUT2D eigenvalue weighted by molar-refractivity contribution is -0.127. The van der Waals surface area contributed by atoms with Crippen LogP contribution in [0.2, 0.25) is 0 Å². The standard InChI is InChI=1S/C29H33N3O5S/c1-21-8-13-27-26(16-21)32(38(34,35)25-11-9-24(36-2)10-12-25)20-28(37-27)29(33)30-18-22-6-5-7-23(17-22)19-31-14-3-4-15-31/h5-13,16-17,28H,3-4,14-15,18-20H2,1-2H3,(H,30,33). The average Bonchev–Trinajstić information content (AvgIpc) is 3.44. The number of carbonyl (C=O) groups excluding carboxylic acids is 1. The molecule has 2 aliphatic heterocycles. The van der Waals surface area contributed by atoms with Gasteiger partial charge in [0.05, 0.1) is 24.2 Å². The van der Waals surface area contributed by atoms with Crippen LogP contribution in [0.15, 0.2) is 71.6 Å². The van der Waals surface area contributed by atoms with Gasteiger partial charge >= 0.3 is 0 Å². The Balaban J connectivity index is 1.33. The summed E-state index contributed by atoms with van der Waals surface area (Å²) in [7, 11) is -2.43. The molecule has 0 radical (unpaired) electrons. The number of carbonyl (C=O) groups is 1. The summed E-state index contributed by atoms with van der Waals surface area (Å²) < 4.78 is 39.8. The molecule has 2 aliphatic rings. The quantitative estimate of drug-likeness (QED) is 0.471. The van der Waals surface area contributed by atoms with Gasteiger partial charge in [0.15, 0.2) is 6.10 Å². The highest BCUT2D eigenvalue weighted by atomic mass is 32.2. The van der Waals surface area contributed by atoms with E-state index in [1.807, 2.05) is 25.1 Å². The summed E-state index contributed by atoms with van der Waals surface area (Å²) in [6.45, 7) is 5.23. The molecule has 0 aliphatic carbocycles. The zero-order chi connectivity index (χ0) is 26.7. The van der Waals surface area contributed by atoms with Crippen LogP contribution in [0.3, 0.4) is 0 Å². The molecule has 1 fully saturated rings. The van der Waals surface area contributed by atoms with Gasteiger partial charge in [0.25, 0.3) is 15.9 Å². The predicted octanol–water partition coefficient (Wildman–Crippen LogP) is 3.87. The number of likely N-dealkylation sites (tertiary alicyclic amines) is 1. The fraction of sp³-hybridized carbons (Fsp3) is 0.345. The van der Waals surface area contributed by atoms with Crippen LogP contribution in [0.4, 0.5) is 5.69 Å². The van der Waals surface area contributed by atoms with Crippen LogP contribution in [0, 0.1) is 6.92 Å². The molecule has 5 rings (SSSR count). The molecular formula is C29H33N3O5S. The van der Waals surface area contributed by atoms with Crippen molar-refractivity contribution >= 4 is 21.6 Å². The molecule has 38 heavy (non-hydrogen) atoms. The Kier molecular flexibility index (Phi) is 7.58. The van der Waals surface area contributed by atoms with Crippen molar-refractivity contribution in [2.24, 2.45) is 0 Å². The lowest BCUT2D eigenvalue weighted by atomic mass is 10.1. The summed E-state index contributed by atoms with van der Waals surface area (Å²) in [5, 5.41) is 2.94. The fourth-order valence-electron chi connectivity index (χ4n) is 4.94. The molecule has 8 nitrogen and oxygen atoms in total. The lowest BCUT2D eigenvalue weighted by Gasteiger charge is -2.35. The number of benzene rings is 3. The van der Waals surface area contributed by atoms with Crippen molar-refractivity contribution in [1.82, 2.24) is 10.2 Å². The van der Waals surface area contributed by atoms with Gasteiger partial charge in [-0.2, -0.15) is 0 Å². The van der Waals surface area contributed by atoms with E-state index in [-0.39, 0.29) is 17.3 Å². The number of sulfonamides is 1. The molecule has 1 N–H and O–H groups in total. The van der Waals surface area contributed by atoms with Gasteiger partial charge in [0.2, 0.25) is 0 Å². The van der Waals surface area contributed by atoms with Gasteiger partial charge in [-0.3, -0.25) is 14.0 Å². The Labute approximate surface area is 224 Å². The van der Waals surface area contributed by atoms with Gasteiger partial charge in [-0.1, -0.05) is 30.3 Å². The largest absolute Gasteiger partial charge is 0.497 e. The molecule has 0 bridgehead atoms. The molecule has 1 saturated heterocycles. The maximum absolute atomic E-state index is 13.7. The van der Waals surface area contributed by atoms with E-state index in [2.05, 4.69) is 22.3 Å². The third-order valence-electron chi connectivity index (χ3n) is 6.99. The van der Waals surface area contributed by atoms with Crippen molar-refractivity contribution in [3.05, 3.63) is 83.4 Å². The van der Waals surface area contributed by atoms with Crippen molar-refractivity contribution < 1.29 is 22.7 Å². The third kappa shape index (κ3) is 5.63. The monoisotopic (exact) mass is 535 g/mol. The molecule has 3 aromatic carbocycles. The van der Waals surface area contributed by atoms with Gasteiger partial charge in [-0.25, -0.2) is 8.42 Å². The second kappa shape index (κ2) is 11.0. The summed E-state index contributed by atoms with van der Waals surface area (Å²) in [5.41, 5.74) is 3.51. The first kappa shape index (κ1) is 26.1. The Morgan fingerprint density at radius 3 is 2.50 bits per heavy atom. The van der Waals surface area contributed by atoms with Crippen molar-refractivity contribution in [3.63, 3.8) is 0 Å². The summed E-state index contributed by atoms with van der Waals surface area (Å²) in [4.78, 5) is 15.8. The number of fused-ring (bicyclic) bond motifs is 1. The van der Waals surface area contributed by atoms with Crippen LogP contribution in [-0.2, 0) is 27.9 Å². The Morgan fingerprint density at radius 2 is 1.76 bits per heavy atom. The summed E-state index contributed by atoms with van der Waals surface area (Å²) in [5.74, 6) is 0.548. The first-order valence-electron chi connectivity index (χ1n) is 12.9. The smallest absolute Gasteiger partial charge is 0.264 e. The Bertz CT molecular complexity index is 1400. The number of rotatable bonds is 8. The molecular weight excluding hydrogens is 502 g/mol. The molecule has 2 heterocycles. The van der Waals surface area contributed by atoms with Crippen LogP contribution < -0.4 is 19.1 Å². The van der Waals surface area contributed by atoms with Crippen molar-refractivity contribution in [2.45, 2.75) is 43.9 Å². The number of hydrogen-bond acceptors (Lipinski definition) is 6. The number of nitrogens with one attached hydrogen (secondary N) is 1. The molecule has 200 valence electrons. The molecule has 3 aromatic rings. The molecule has 1 atom stereocenters. The van der Waals surface area contributed by atoms with E-state index in [0.717, 1.165) is 30.8 Å². The van der Waals surface area contributed by atoms with E-state index in [0.29, 0.717) is 23.7 Å². The summed E-state index contributed by atoms with van der Waals surface area (Å²) in [6, 6.07) is 19.7. The van der Waals surface area contributed by atoms with Crippen molar-refractivity contribution in [3.8, 4) is 11.5 Å². The first-order valence-corrected chi connectivity index (χ1v) is 14.3. The van der Waals surface area contributed by atoms with E-state index in [1.165, 1.54) is 42.0 Å². The zero-order valence-corrected chi connectivity index (χ0v) is 22.5. The number of hydrogen-bond donors (Lipinski definition) is 1. The molecule has 1 unspecified atom stereocenters. The molecule has 0 spiro atoms. The molecule has 0 aromatic heterocycles. The van der Waals surface area contributed by atoms with E-state index < -0.39 is 16.1 Å². The van der Waals surface area contributed by atoms with Crippen LogP contribution in [0.5, 0.6) is 11.5 Å². The zero-order valence-electron chi connectivity index (χ0n) is 21.7. The number of anilines is 1. The van der Waals surface area contributed by atoms with Crippen LogP contribution in [0.25, 0.3) is 0 Å². The van der Waals surface area contributed by atoms with E-state index >= 15 is 0 Å². The predicted molar refractivity (Wildman–Crippen MR) is 146 cm³/mol. The maximum Gasteiger partial charge on any atom is 0.264 e. The minimum atomic E-state index is -3.95. The van der Waals surface area contributed by atoms with Gasteiger partial charge in [-0.15, -0.1) is 0 Å². The number of amides is 1. The molecule has 1 amide bonds. The highest BCUT2D eigenvalue weighted by Gasteiger charge is 2.37. The van der Waals surface area contributed by atoms with Gasteiger partial charge in [0, 0.05) is 13.1 Å². The lowest BCUT2D eigenvalue weighted by Crippen LogP contribution is -2.50. The van der Waals surface area contributed by atoms with Crippen LogP contribution >= 0.6 is 0 Å². The number of nitrogens with zero attached hydrogens (tertiary/aromatic N) is 2. The average molecular weight is 536 g/mol. The number of ether oxygens (including phenoxy) is 2. The second-order valence-electron chi connectivity index (χ2n) is 9.81. The second-order valence-corrected chi connectivity index (χ2v) is 11.7. The van der Waals surface area contributed by atoms with Crippen molar-refractivity contribution in [2.75, 3.05) is 31.0 Å². The highest BCUT2D eigenvalue weighted by Crippen LogP contribution is 2.38. The molecule has 9 heteroatoms. The Hall–Kier alpha value is -3.56. The fourth-order valence-corrected chi connectivity index (χ4v) is 6.41. The molecule has 0 saturated carbocycles. The van der Waals surface area contributed by atoms with Gasteiger partial charge in [-0.05, 0) is 85.9 Å². The Morgan fingerprint density at radius 1 is 1.03 bits per heavy atom. The number of methoxy groups -OCH3 is 1. The van der Waals surface area contributed by atoms with Crippen LogP contribution in [0.1, 0.15) is 29.5 Å². The van der Waals surface area contributed by atoms with E-state index in [1.54, 1.807) is 24.3 Å². The highest BCUT2D eigenvalue weighted by molar-refractivity contribution is 7.92. The van der Waals surface area contributed by atoms with Crippen molar-refractivity contribution in [1.29, 1.82) is 0 Å². The number of aryl methyl sites for hydroxylation is 1. The minimum absolute atomic E-state index is 0.113. The van der Waals surface area contributed by atoms with E-state index in [4.69, 9.17) is 9.47 Å². The normalized spacial score (nSPS) is 17.5. The summed E-state index contributed by atoms with van der Waals surface area (Å²) >= 11 is 0. The topological polar surface area (TPSA) is 88.2 Å². The van der Waals surface area contributed by atoms with Crippen LogP contribution in [-0.4, -0.2) is 52.1 Å². The van der Waals surface area contributed by atoms with Gasteiger partial charge in [0.1, 0.15) is 11.5 Å². The maximum atomic E-state index is 13.7. The van der Waals surface area contributed by atoms with Gasteiger partial charge < -0.3 is 14.8 Å².